The molecular weight excluding hydrogens is 394 g/mol. The summed E-state index contributed by atoms with van der Waals surface area (Å²) >= 11 is 19.2. The van der Waals surface area contributed by atoms with Gasteiger partial charge in [0.1, 0.15) is 5.82 Å². The number of rotatable bonds is 3. The molecule has 1 aromatic heterocycles. The zero-order valence-electron chi connectivity index (χ0n) is 11.8. The van der Waals surface area contributed by atoms with E-state index in [1.165, 1.54) is 29.5 Å². The van der Waals surface area contributed by atoms with Crippen LogP contribution in [-0.2, 0) is 0 Å². The molecule has 0 spiro atoms. The Kier molecular flexibility index (Phi) is 5.06. The van der Waals surface area contributed by atoms with Crippen molar-refractivity contribution in [1.29, 1.82) is 0 Å². The fourth-order valence-electron chi connectivity index (χ4n) is 2.02. The van der Waals surface area contributed by atoms with Crippen molar-refractivity contribution in [3.63, 3.8) is 0 Å². The quantitative estimate of drug-likeness (QED) is 0.571. The van der Waals surface area contributed by atoms with Gasteiger partial charge in [0.15, 0.2) is 5.13 Å². The minimum absolute atomic E-state index is 0.0298. The molecule has 122 valence electrons. The Morgan fingerprint density at radius 3 is 2.67 bits per heavy atom. The van der Waals surface area contributed by atoms with Crippen LogP contribution in [0.1, 0.15) is 10.4 Å². The van der Waals surface area contributed by atoms with Gasteiger partial charge in [0.25, 0.3) is 5.91 Å². The molecular formula is C16H8Cl3FN2OS. The van der Waals surface area contributed by atoms with Crippen LogP contribution >= 0.6 is 46.1 Å². The van der Waals surface area contributed by atoms with Gasteiger partial charge in [-0.05, 0) is 30.3 Å². The maximum atomic E-state index is 13.8. The summed E-state index contributed by atoms with van der Waals surface area (Å²) < 4.78 is 13.8. The van der Waals surface area contributed by atoms with Crippen LogP contribution in [0.5, 0.6) is 0 Å². The van der Waals surface area contributed by atoms with E-state index >= 15 is 0 Å². The Bertz CT molecular complexity index is 909. The van der Waals surface area contributed by atoms with Crippen molar-refractivity contribution in [3.05, 3.63) is 68.2 Å². The lowest BCUT2D eigenvalue weighted by molar-refractivity contribution is 0.102. The topological polar surface area (TPSA) is 42.0 Å². The number of nitrogens with one attached hydrogen (secondary N) is 1. The summed E-state index contributed by atoms with van der Waals surface area (Å²) in [5.74, 6) is -1.37. The molecule has 1 heterocycles. The molecule has 0 fully saturated rings. The third-order valence-electron chi connectivity index (χ3n) is 3.12. The molecule has 8 heteroatoms. The Morgan fingerprint density at radius 2 is 1.92 bits per heavy atom. The van der Waals surface area contributed by atoms with Crippen LogP contribution in [0.25, 0.3) is 11.3 Å². The van der Waals surface area contributed by atoms with E-state index in [9.17, 15) is 9.18 Å². The summed E-state index contributed by atoms with van der Waals surface area (Å²) in [5, 5.41) is 5.58. The number of amides is 1. The number of benzene rings is 2. The number of nitrogens with zero attached hydrogens (tertiary/aromatic N) is 1. The van der Waals surface area contributed by atoms with E-state index in [1.807, 2.05) is 0 Å². The van der Waals surface area contributed by atoms with Gasteiger partial charge in [-0.25, -0.2) is 9.37 Å². The average molecular weight is 402 g/mol. The summed E-state index contributed by atoms with van der Waals surface area (Å²) in [4.78, 5) is 16.5. The third-order valence-corrected chi connectivity index (χ3v) is 4.76. The maximum absolute atomic E-state index is 13.8. The van der Waals surface area contributed by atoms with Crippen molar-refractivity contribution < 1.29 is 9.18 Å². The summed E-state index contributed by atoms with van der Waals surface area (Å²) in [6, 6.07) is 9.05. The van der Waals surface area contributed by atoms with Crippen LogP contribution in [0.3, 0.4) is 0 Å². The number of carbonyl (C=O) groups excluding carboxylic acids is 1. The van der Waals surface area contributed by atoms with Gasteiger partial charge >= 0.3 is 0 Å². The van der Waals surface area contributed by atoms with Crippen molar-refractivity contribution in [1.82, 2.24) is 4.98 Å². The van der Waals surface area contributed by atoms with E-state index in [0.717, 1.165) is 0 Å². The molecule has 0 aliphatic rings. The van der Waals surface area contributed by atoms with Crippen molar-refractivity contribution in [2.45, 2.75) is 0 Å². The predicted molar refractivity (Wildman–Crippen MR) is 96.9 cm³/mol. The lowest BCUT2D eigenvalue weighted by Gasteiger charge is -2.05. The summed E-state index contributed by atoms with van der Waals surface area (Å²) in [6.45, 7) is 0. The van der Waals surface area contributed by atoms with Gasteiger partial charge in [-0.1, -0.05) is 40.9 Å². The Balaban J connectivity index is 1.87. The van der Waals surface area contributed by atoms with Gasteiger partial charge in [0.05, 0.1) is 21.3 Å². The molecule has 0 saturated heterocycles. The highest BCUT2D eigenvalue weighted by Gasteiger charge is 2.17. The largest absolute Gasteiger partial charge is 0.298 e. The van der Waals surface area contributed by atoms with Crippen LogP contribution in [-0.4, -0.2) is 10.9 Å². The average Bonchev–Trinajstić information content (AvgIpc) is 2.97. The third kappa shape index (κ3) is 3.54. The summed E-state index contributed by atoms with van der Waals surface area (Å²) in [5.41, 5.74) is 0.976. The molecule has 24 heavy (non-hydrogen) atoms. The Morgan fingerprint density at radius 1 is 1.12 bits per heavy atom. The van der Waals surface area contributed by atoms with E-state index in [0.29, 0.717) is 26.4 Å². The molecule has 0 unspecified atom stereocenters. The molecule has 3 aromatic rings. The first kappa shape index (κ1) is 17.2. The fraction of sp³-hybridized carbons (Fsp3) is 0. The SMILES string of the molecule is O=C(Nc1nc(-c2cc(Cl)ccc2Cl)cs1)c1c(F)cccc1Cl. The lowest BCUT2D eigenvalue weighted by Crippen LogP contribution is -2.14. The lowest BCUT2D eigenvalue weighted by atomic mass is 10.2. The van der Waals surface area contributed by atoms with Crippen LogP contribution in [0, 0.1) is 5.82 Å². The van der Waals surface area contributed by atoms with Crippen LogP contribution in [0.2, 0.25) is 15.1 Å². The highest BCUT2D eigenvalue weighted by Crippen LogP contribution is 2.33. The summed E-state index contributed by atoms with van der Waals surface area (Å²) in [6.07, 6.45) is 0. The number of anilines is 1. The van der Waals surface area contributed by atoms with E-state index in [4.69, 9.17) is 34.8 Å². The van der Waals surface area contributed by atoms with E-state index < -0.39 is 11.7 Å². The first-order valence-electron chi connectivity index (χ1n) is 6.62. The van der Waals surface area contributed by atoms with Gasteiger partial charge in [-0.3, -0.25) is 10.1 Å². The molecule has 0 atom stereocenters. The number of aromatic nitrogens is 1. The second-order valence-electron chi connectivity index (χ2n) is 4.71. The van der Waals surface area contributed by atoms with Crippen molar-refractivity contribution in [3.8, 4) is 11.3 Å². The molecule has 0 bridgehead atoms. The number of thiazole rings is 1. The Hall–Kier alpha value is -1.66. The minimum Gasteiger partial charge on any atom is -0.298 e. The van der Waals surface area contributed by atoms with Gasteiger partial charge in [0, 0.05) is 16.0 Å². The number of hydrogen-bond donors (Lipinski definition) is 1. The molecule has 3 nitrogen and oxygen atoms in total. The smallest absolute Gasteiger partial charge is 0.261 e. The zero-order valence-corrected chi connectivity index (χ0v) is 14.9. The number of carbonyl (C=O) groups is 1. The molecule has 0 saturated carbocycles. The van der Waals surface area contributed by atoms with Gasteiger partial charge < -0.3 is 0 Å². The highest BCUT2D eigenvalue weighted by atomic mass is 35.5. The molecule has 3 rings (SSSR count). The van der Waals surface area contributed by atoms with Crippen LogP contribution < -0.4 is 5.32 Å². The van der Waals surface area contributed by atoms with Crippen molar-refractivity contribution in [2.24, 2.45) is 0 Å². The zero-order chi connectivity index (χ0) is 17.3. The molecule has 0 aliphatic carbocycles. The highest BCUT2D eigenvalue weighted by molar-refractivity contribution is 7.14. The van der Waals surface area contributed by atoms with Crippen LogP contribution in [0.15, 0.2) is 41.8 Å². The molecule has 1 amide bonds. The van der Waals surface area contributed by atoms with Gasteiger partial charge in [-0.2, -0.15) is 0 Å². The predicted octanol–water partition coefficient (Wildman–Crippen LogP) is 6.16. The Labute approximate surface area is 156 Å². The number of hydrogen-bond acceptors (Lipinski definition) is 3. The van der Waals surface area contributed by atoms with Crippen LogP contribution in [0.4, 0.5) is 9.52 Å². The standard InChI is InChI=1S/C16H8Cl3FN2OS/c17-8-4-5-10(18)9(6-8)13-7-24-16(21-13)22-15(23)14-11(19)2-1-3-12(14)20/h1-7H,(H,21,22,23). The molecule has 0 radical (unpaired) electrons. The number of halogens is 4. The van der Waals surface area contributed by atoms with Crippen molar-refractivity contribution >= 4 is 57.2 Å². The maximum Gasteiger partial charge on any atom is 0.261 e. The molecule has 1 N–H and O–H groups in total. The van der Waals surface area contributed by atoms with Gasteiger partial charge in [0.2, 0.25) is 0 Å². The molecule has 0 aliphatic heterocycles. The van der Waals surface area contributed by atoms with Gasteiger partial charge in [-0.15, -0.1) is 11.3 Å². The minimum atomic E-state index is -0.699. The normalized spacial score (nSPS) is 10.7. The monoisotopic (exact) mass is 400 g/mol. The molecule has 2 aromatic carbocycles. The van der Waals surface area contributed by atoms with E-state index in [1.54, 1.807) is 23.6 Å². The second-order valence-corrected chi connectivity index (χ2v) is 6.82. The van der Waals surface area contributed by atoms with E-state index in [2.05, 4.69) is 10.3 Å². The van der Waals surface area contributed by atoms with E-state index in [-0.39, 0.29) is 10.6 Å². The fourth-order valence-corrected chi connectivity index (χ4v) is 3.36. The first-order chi connectivity index (χ1) is 11.5. The first-order valence-corrected chi connectivity index (χ1v) is 8.63. The summed E-state index contributed by atoms with van der Waals surface area (Å²) in [7, 11) is 0. The second kappa shape index (κ2) is 7.07. The van der Waals surface area contributed by atoms with Crippen molar-refractivity contribution in [2.75, 3.05) is 5.32 Å².